The van der Waals surface area contributed by atoms with Gasteiger partial charge in [0.05, 0.1) is 19.8 Å². The lowest BCUT2D eigenvalue weighted by atomic mass is 10.1. The van der Waals surface area contributed by atoms with Crippen LogP contribution in [0.15, 0.2) is 72.3 Å². The molecule has 7 nitrogen and oxygen atoms in total. The van der Waals surface area contributed by atoms with Crippen LogP contribution in [0.3, 0.4) is 0 Å². The van der Waals surface area contributed by atoms with Gasteiger partial charge in [0.1, 0.15) is 0 Å². The summed E-state index contributed by atoms with van der Waals surface area (Å²) < 4.78 is 21.4. The molecule has 0 unspecified atom stereocenters. The smallest absolute Gasteiger partial charge is 0.349 e. The summed E-state index contributed by atoms with van der Waals surface area (Å²) in [4.78, 5) is 37.5. The first-order valence-electron chi connectivity index (χ1n) is 10.1. The number of methoxy groups -OCH3 is 2. The molecule has 166 valence electrons. The summed E-state index contributed by atoms with van der Waals surface area (Å²) in [5.74, 6) is 0.0845. The van der Waals surface area contributed by atoms with Gasteiger partial charge < -0.3 is 18.9 Å². The number of fused-ring (bicyclic) bond motifs is 1. The van der Waals surface area contributed by atoms with E-state index in [1.54, 1.807) is 60.7 Å². The van der Waals surface area contributed by atoms with E-state index in [9.17, 15) is 14.4 Å². The van der Waals surface area contributed by atoms with Crippen molar-refractivity contribution in [2.45, 2.75) is 0 Å². The number of hydrogen-bond acceptors (Lipinski definition) is 7. The van der Waals surface area contributed by atoms with E-state index in [4.69, 9.17) is 18.9 Å². The number of carbonyl (C=O) groups excluding carboxylic acids is 3. The molecule has 0 aromatic heterocycles. The lowest BCUT2D eigenvalue weighted by Crippen LogP contribution is -2.18. The van der Waals surface area contributed by atoms with Crippen molar-refractivity contribution in [1.29, 1.82) is 0 Å². The van der Waals surface area contributed by atoms with E-state index in [0.29, 0.717) is 28.2 Å². The molecule has 0 heterocycles. The van der Waals surface area contributed by atoms with Crippen LogP contribution in [0.5, 0.6) is 23.0 Å². The van der Waals surface area contributed by atoms with Crippen LogP contribution in [0.1, 0.15) is 26.3 Å². The van der Waals surface area contributed by atoms with E-state index in [0.717, 1.165) is 0 Å². The number of ether oxygens (including phenoxy) is 4. The quantitative estimate of drug-likeness (QED) is 0.234. The molecule has 33 heavy (non-hydrogen) atoms. The van der Waals surface area contributed by atoms with E-state index in [1.165, 1.54) is 26.4 Å². The van der Waals surface area contributed by atoms with Crippen LogP contribution in [0.2, 0.25) is 0 Å². The molecule has 0 fully saturated rings. The van der Waals surface area contributed by atoms with Gasteiger partial charge in [0.25, 0.3) is 0 Å². The predicted octanol–water partition coefficient (Wildman–Crippen LogP) is 4.15. The summed E-state index contributed by atoms with van der Waals surface area (Å²) in [5, 5.41) is 0. The Kier molecular flexibility index (Phi) is 6.22. The summed E-state index contributed by atoms with van der Waals surface area (Å²) in [6, 6.07) is 18.4. The van der Waals surface area contributed by atoms with Crippen molar-refractivity contribution in [2.24, 2.45) is 0 Å². The summed E-state index contributed by atoms with van der Waals surface area (Å²) in [5.41, 5.74) is 1.41. The molecule has 0 spiro atoms. The summed E-state index contributed by atoms with van der Waals surface area (Å²) in [7, 11) is 2.93. The minimum Gasteiger partial charge on any atom is -0.493 e. The fraction of sp³-hybridized carbons (Fsp3) is 0.115. The first-order chi connectivity index (χ1) is 16.0. The summed E-state index contributed by atoms with van der Waals surface area (Å²) in [6.07, 6.45) is 1.50. The molecule has 4 rings (SSSR count). The van der Waals surface area contributed by atoms with Crippen molar-refractivity contribution in [3.05, 3.63) is 89.0 Å². The Morgan fingerprint density at radius 1 is 0.758 bits per heavy atom. The van der Waals surface area contributed by atoms with Crippen molar-refractivity contribution in [3.63, 3.8) is 0 Å². The zero-order chi connectivity index (χ0) is 23.4. The van der Waals surface area contributed by atoms with Gasteiger partial charge in [0.2, 0.25) is 0 Å². The third kappa shape index (κ3) is 4.48. The molecular formula is C26H20O7. The highest BCUT2D eigenvalue weighted by Crippen LogP contribution is 2.32. The zero-order valence-electron chi connectivity index (χ0n) is 18.0. The Hall–Kier alpha value is -4.39. The Morgan fingerprint density at radius 2 is 1.36 bits per heavy atom. The number of rotatable bonds is 7. The standard InChI is InChI=1S/C26H20O7/c1-30-20-9-5-6-10-21(20)32-15-24(27)33-22-12-11-16(14-23(22)31-2)13-19-25(28)17-7-3-4-8-18(17)26(19)29/h3-14H,15H2,1-2H3. The average molecular weight is 444 g/mol. The van der Waals surface area contributed by atoms with Crippen molar-refractivity contribution in [3.8, 4) is 23.0 Å². The van der Waals surface area contributed by atoms with Gasteiger partial charge in [-0.25, -0.2) is 4.79 Å². The molecule has 1 aliphatic rings. The fourth-order valence-corrected chi connectivity index (χ4v) is 3.46. The summed E-state index contributed by atoms with van der Waals surface area (Å²) >= 11 is 0. The predicted molar refractivity (Wildman–Crippen MR) is 120 cm³/mol. The molecule has 0 bridgehead atoms. The van der Waals surface area contributed by atoms with Crippen molar-refractivity contribution in [2.75, 3.05) is 20.8 Å². The van der Waals surface area contributed by atoms with Gasteiger partial charge in [-0.2, -0.15) is 0 Å². The van der Waals surface area contributed by atoms with Gasteiger partial charge in [-0.15, -0.1) is 0 Å². The van der Waals surface area contributed by atoms with Gasteiger partial charge in [0.15, 0.2) is 41.2 Å². The van der Waals surface area contributed by atoms with Gasteiger partial charge in [-0.3, -0.25) is 9.59 Å². The molecule has 7 heteroatoms. The van der Waals surface area contributed by atoms with E-state index in [2.05, 4.69) is 0 Å². The molecule has 1 aliphatic carbocycles. The van der Waals surface area contributed by atoms with E-state index >= 15 is 0 Å². The fourth-order valence-electron chi connectivity index (χ4n) is 3.46. The second kappa shape index (κ2) is 9.40. The molecule has 0 aliphatic heterocycles. The molecule has 3 aromatic rings. The van der Waals surface area contributed by atoms with E-state index in [1.807, 2.05) is 0 Å². The van der Waals surface area contributed by atoms with Crippen LogP contribution in [0.25, 0.3) is 6.08 Å². The second-order valence-corrected chi connectivity index (χ2v) is 7.09. The number of esters is 1. The van der Waals surface area contributed by atoms with Crippen LogP contribution >= 0.6 is 0 Å². The largest absolute Gasteiger partial charge is 0.493 e. The zero-order valence-corrected chi connectivity index (χ0v) is 18.0. The first kappa shape index (κ1) is 21.8. The van der Waals surface area contributed by atoms with Crippen molar-refractivity contribution >= 4 is 23.6 Å². The number of Topliss-reactive ketones (excluding diaryl/α,β-unsaturated/α-hetero) is 2. The monoisotopic (exact) mass is 444 g/mol. The molecule has 0 saturated carbocycles. The molecule has 0 atom stereocenters. The Bertz CT molecular complexity index is 1240. The van der Waals surface area contributed by atoms with Gasteiger partial charge in [-0.1, -0.05) is 42.5 Å². The SMILES string of the molecule is COc1ccccc1OCC(=O)Oc1ccc(C=C2C(=O)c3ccccc3C2=O)cc1OC. The Morgan fingerprint density at radius 3 is 2.00 bits per heavy atom. The third-order valence-electron chi connectivity index (χ3n) is 5.04. The highest BCUT2D eigenvalue weighted by molar-refractivity contribution is 6.41. The minimum absolute atomic E-state index is 0.0770. The van der Waals surface area contributed by atoms with E-state index in [-0.39, 0.29) is 35.2 Å². The van der Waals surface area contributed by atoms with Crippen LogP contribution in [0, 0.1) is 0 Å². The molecular weight excluding hydrogens is 424 g/mol. The van der Waals surface area contributed by atoms with Crippen LogP contribution in [-0.2, 0) is 4.79 Å². The van der Waals surface area contributed by atoms with Gasteiger partial charge in [0, 0.05) is 11.1 Å². The Balaban J connectivity index is 1.48. The van der Waals surface area contributed by atoms with Gasteiger partial charge in [-0.05, 0) is 35.9 Å². The lowest BCUT2D eigenvalue weighted by Gasteiger charge is -2.12. The molecule has 0 N–H and O–H groups in total. The molecule has 3 aromatic carbocycles. The van der Waals surface area contributed by atoms with Crippen molar-refractivity contribution in [1.82, 2.24) is 0 Å². The highest BCUT2D eigenvalue weighted by atomic mass is 16.6. The number of allylic oxidation sites excluding steroid dienone is 1. The lowest BCUT2D eigenvalue weighted by molar-refractivity contribution is -0.136. The number of carbonyl (C=O) groups is 3. The van der Waals surface area contributed by atoms with Crippen LogP contribution in [0.4, 0.5) is 0 Å². The normalized spacial score (nSPS) is 12.2. The van der Waals surface area contributed by atoms with Crippen LogP contribution in [-0.4, -0.2) is 38.4 Å². The topological polar surface area (TPSA) is 88.1 Å². The van der Waals surface area contributed by atoms with E-state index < -0.39 is 5.97 Å². The molecule has 0 amide bonds. The van der Waals surface area contributed by atoms with Crippen molar-refractivity contribution < 1.29 is 33.3 Å². The molecule has 0 radical (unpaired) electrons. The first-order valence-corrected chi connectivity index (χ1v) is 10.1. The number of hydrogen-bond donors (Lipinski definition) is 0. The second-order valence-electron chi connectivity index (χ2n) is 7.09. The maximum absolute atomic E-state index is 12.6. The van der Waals surface area contributed by atoms with Crippen LogP contribution < -0.4 is 18.9 Å². The number of para-hydroxylation sites is 2. The average Bonchev–Trinajstić information content (AvgIpc) is 3.08. The maximum atomic E-state index is 12.6. The maximum Gasteiger partial charge on any atom is 0.349 e. The highest BCUT2D eigenvalue weighted by Gasteiger charge is 2.32. The van der Waals surface area contributed by atoms with Gasteiger partial charge >= 0.3 is 5.97 Å². The summed E-state index contributed by atoms with van der Waals surface area (Å²) in [6.45, 7) is -0.337. The number of ketones is 2. The molecule has 0 saturated heterocycles. The minimum atomic E-state index is -0.637. The number of benzene rings is 3. The Labute approximate surface area is 190 Å². The third-order valence-corrected chi connectivity index (χ3v) is 5.04.